The van der Waals surface area contributed by atoms with Crippen LogP contribution in [0.15, 0.2) is 54.6 Å². The molecular weight excluding hydrogens is 407 g/mol. The molecule has 1 unspecified atom stereocenters. The molecule has 0 saturated heterocycles. The van der Waals surface area contributed by atoms with E-state index in [1.165, 1.54) is 50.2 Å². The maximum Gasteiger partial charge on any atom is 0.270 e. The van der Waals surface area contributed by atoms with Gasteiger partial charge >= 0.3 is 0 Å². The minimum atomic E-state index is -2.32. The van der Waals surface area contributed by atoms with Gasteiger partial charge in [-0.1, -0.05) is 41.7 Å². The highest BCUT2D eigenvalue weighted by atomic mass is 19.1. The molecule has 0 saturated carbocycles. The predicted molar refractivity (Wildman–Crippen MR) is 121 cm³/mol. The number of aromatic nitrogens is 1. The fourth-order valence-electron chi connectivity index (χ4n) is 3.06. The number of benzene rings is 2. The molecule has 1 atom stereocenters. The molecule has 0 aliphatic heterocycles. The zero-order chi connectivity index (χ0) is 26.0. The van der Waals surface area contributed by atoms with E-state index in [1.54, 1.807) is 13.0 Å². The van der Waals surface area contributed by atoms with Gasteiger partial charge in [-0.15, -0.1) is 0 Å². The lowest BCUT2D eigenvalue weighted by Gasteiger charge is -2.21. The number of phenols is 1. The van der Waals surface area contributed by atoms with E-state index in [9.17, 15) is 19.4 Å². The summed E-state index contributed by atoms with van der Waals surface area (Å²) in [6, 6.07) is 11.3. The molecule has 0 aliphatic carbocycles. The second-order valence-electron chi connectivity index (χ2n) is 7.92. The summed E-state index contributed by atoms with van der Waals surface area (Å²) in [6.07, 6.45) is 0. The van der Waals surface area contributed by atoms with Crippen molar-refractivity contribution in [2.24, 2.45) is 0 Å². The molecule has 1 heterocycles. The number of carbonyl (C=O) groups is 1. The summed E-state index contributed by atoms with van der Waals surface area (Å²) in [5.41, 5.74) is 0.425. The first-order valence-electron chi connectivity index (χ1n) is 11.4. The van der Waals surface area contributed by atoms with E-state index in [1.807, 2.05) is 0 Å². The third kappa shape index (κ3) is 5.93. The number of aliphatic hydroxyl groups is 1. The third-order valence-electron chi connectivity index (χ3n) is 4.52. The third-order valence-corrected chi connectivity index (χ3v) is 4.52. The molecule has 0 bridgehead atoms. The van der Waals surface area contributed by atoms with E-state index in [2.05, 4.69) is 22.1 Å². The lowest BCUT2D eigenvalue weighted by Crippen LogP contribution is -2.30. The Balaban J connectivity index is 2.02. The lowest BCUT2D eigenvalue weighted by molar-refractivity contribution is 0.0937. The summed E-state index contributed by atoms with van der Waals surface area (Å²) in [5, 5.41) is 23.0. The number of amides is 1. The van der Waals surface area contributed by atoms with Gasteiger partial charge in [0.15, 0.2) is 0 Å². The number of aryl methyl sites for hydroxylation is 2. The molecule has 0 spiro atoms. The van der Waals surface area contributed by atoms with Crippen LogP contribution in [0.4, 0.5) is 4.39 Å². The Hall–Kier alpha value is -3.69. The molecule has 164 valence electrons. The number of nitrogens with zero attached hydrogens (tertiary/aromatic N) is 1. The van der Waals surface area contributed by atoms with Crippen LogP contribution in [0.25, 0.3) is 0 Å². The van der Waals surface area contributed by atoms with Crippen LogP contribution in [0.3, 0.4) is 0 Å². The normalized spacial score (nSPS) is 13.7. The van der Waals surface area contributed by atoms with Crippen molar-refractivity contribution in [3.8, 4) is 17.6 Å². The maximum atomic E-state index is 14.0. The minimum absolute atomic E-state index is 0.0325. The number of carbonyl (C=O) groups excluding carboxylic acids is 1. The first kappa shape index (κ1) is 19.0. The number of nitrogens with one attached hydrogen (secondary N) is 1. The van der Waals surface area contributed by atoms with E-state index in [0.29, 0.717) is 16.8 Å². The standard InChI is InChI=1S/C26H25FN2O3/c1-16-5-7-19(8-6-16)24(21-15-20(27)9-10-23(21)30)29-25(31)22-14-18(13-17(2)28-22)11-12-26(3,4)32/h5-10,13-15,24,30,32H,1-4H3,(H,29,31)/i1D3. The van der Waals surface area contributed by atoms with Crippen molar-refractivity contribution in [2.75, 3.05) is 0 Å². The van der Waals surface area contributed by atoms with Crippen molar-refractivity contribution < 1.29 is 23.5 Å². The highest BCUT2D eigenvalue weighted by molar-refractivity contribution is 5.93. The molecule has 0 fully saturated rings. The summed E-state index contributed by atoms with van der Waals surface area (Å²) in [7, 11) is 0. The Kier molecular flexibility index (Phi) is 5.48. The van der Waals surface area contributed by atoms with Crippen molar-refractivity contribution in [1.82, 2.24) is 10.3 Å². The van der Waals surface area contributed by atoms with Crippen molar-refractivity contribution in [3.05, 3.63) is 94.1 Å². The molecule has 1 amide bonds. The highest BCUT2D eigenvalue weighted by Gasteiger charge is 2.22. The topological polar surface area (TPSA) is 82.5 Å². The summed E-state index contributed by atoms with van der Waals surface area (Å²) in [4.78, 5) is 17.4. The van der Waals surface area contributed by atoms with Gasteiger partial charge in [0, 0.05) is 20.9 Å². The molecule has 3 rings (SSSR count). The summed E-state index contributed by atoms with van der Waals surface area (Å²) in [6.45, 7) is 2.45. The van der Waals surface area contributed by atoms with Crippen LogP contribution in [-0.2, 0) is 0 Å². The Morgan fingerprint density at radius 3 is 2.56 bits per heavy atom. The molecule has 5 nitrogen and oxygen atoms in total. The Bertz CT molecular complexity index is 1300. The van der Waals surface area contributed by atoms with Gasteiger partial charge in [-0.2, -0.15) is 0 Å². The first-order valence-corrected chi connectivity index (χ1v) is 9.87. The van der Waals surface area contributed by atoms with E-state index in [0.717, 1.165) is 12.1 Å². The number of hydrogen-bond donors (Lipinski definition) is 3. The average Bonchev–Trinajstić information content (AvgIpc) is 2.76. The zero-order valence-electron chi connectivity index (χ0n) is 20.9. The smallest absolute Gasteiger partial charge is 0.270 e. The van der Waals surface area contributed by atoms with Crippen LogP contribution in [0, 0.1) is 31.4 Å². The molecular formula is C26H25FN2O3. The molecule has 0 radical (unpaired) electrons. The Labute approximate surface area is 191 Å². The number of hydrogen-bond acceptors (Lipinski definition) is 4. The molecule has 3 N–H and O–H groups in total. The highest BCUT2D eigenvalue weighted by Crippen LogP contribution is 2.30. The molecule has 2 aromatic carbocycles. The van der Waals surface area contributed by atoms with Gasteiger partial charge < -0.3 is 15.5 Å². The van der Waals surface area contributed by atoms with Gasteiger partial charge in [-0.05, 0) is 63.5 Å². The predicted octanol–water partition coefficient (Wildman–Crippen LogP) is 4.18. The monoisotopic (exact) mass is 435 g/mol. The van der Waals surface area contributed by atoms with Gasteiger partial charge in [0.1, 0.15) is 22.9 Å². The molecule has 32 heavy (non-hydrogen) atoms. The number of aromatic hydroxyl groups is 1. The van der Waals surface area contributed by atoms with E-state index < -0.39 is 30.2 Å². The van der Waals surface area contributed by atoms with Crippen LogP contribution < -0.4 is 5.32 Å². The minimum Gasteiger partial charge on any atom is -0.508 e. The molecule has 3 aromatic rings. The average molecular weight is 436 g/mol. The molecule has 6 heteroatoms. The quantitative estimate of drug-likeness (QED) is 0.537. The van der Waals surface area contributed by atoms with E-state index in [-0.39, 0.29) is 22.6 Å². The molecule has 0 aliphatic rings. The fourth-order valence-corrected chi connectivity index (χ4v) is 3.06. The SMILES string of the molecule is [2H]C([2H])([2H])c1ccc(C(NC(=O)c2cc(C#CC(C)(C)O)cc(C)n2)c2cc(F)ccc2O)cc1. The summed E-state index contributed by atoms with van der Waals surface area (Å²) < 4.78 is 36.7. The maximum absolute atomic E-state index is 14.0. The van der Waals surface area contributed by atoms with Gasteiger partial charge in [-0.25, -0.2) is 9.37 Å². The second-order valence-corrected chi connectivity index (χ2v) is 7.92. The molecule has 1 aromatic heterocycles. The largest absolute Gasteiger partial charge is 0.508 e. The zero-order valence-corrected chi connectivity index (χ0v) is 17.9. The van der Waals surface area contributed by atoms with E-state index in [4.69, 9.17) is 4.11 Å². The number of phenolic OH excluding ortho intramolecular Hbond substituents is 1. The van der Waals surface area contributed by atoms with Gasteiger partial charge in [-0.3, -0.25) is 4.79 Å². The van der Waals surface area contributed by atoms with Crippen molar-refractivity contribution in [1.29, 1.82) is 0 Å². The van der Waals surface area contributed by atoms with Crippen LogP contribution in [0.1, 0.15) is 62.4 Å². The van der Waals surface area contributed by atoms with Crippen molar-refractivity contribution >= 4 is 5.91 Å². The van der Waals surface area contributed by atoms with Gasteiger partial charge in [0.2, 0.25) is 0 Å². The van der Waals surface area contributed by atoms with Crippen molar-refractivity contribution in [3.63, 3.8) is 0 Å². The lowest BCUT2D eigenvalue weighted by atomic mass is 9.96. The van der Waals surface area contributed by atoms with Gasteiger partial charge in [0.05, 0.1) is 6.04 Å². The van der Waals surface area contributed by atoms with E-state index >= 15 is 0 Å². The van der Waals surface area contributed by atoms with Crippen LogP contribution >= 0.6 is 0 Å². The van der Waals surface area contributed by atoms with Gasteiger partial charge in [0.25, 0.3) is 5.91 Å². The first-order chi connectivity index (χ1) is 16.2. The van der Waals surface area contributed by atoms with Crippen LogP contribution in [-0.4, -0.2) is 26.7 Å². The number of pyridine rings is 1. The number of halogens is 1. The van der Waals surface area contributed by atoms with Crippen LogP contribution in [0.5, 0.6) is 5.75 Å². The van der Waals surface area contributed by atoms with Crippen molar-refractivity contribution in [2.45, 2.75) is 39.3 Å². The Morgan fingerprint density at radius 2 is 1.91 bits per heavy atom. The fraction of sp³-hybridized carbons (Fsp3) is 0.231. The summed E-state index contributed by atoms with van der Waals surface area (Å²) in [5.74, 6) is 4.01. The number of rotatable bonds is 4. The second kappa shape index (κ2) is 9.21. The van der Waals surface area contributed by atoms with Crippen LogP contribution in [0.2, 0.25) is 0 Å². The summed E-state index contributed by atoms with van der Waals surface area (Å²) >= 11 is 0. The Morgan fingerprint density at radius 1 is 1.19 bits per heavy atom.